The molecule has 0 spiro atoms. The van der Waals surface area contributed by atoms with Crippen molar-refractivity contribution >= 4 is 17.9 Å². The van der Waals surface area contributed by atoms with Crippen LogP contribution >= 0.6 is 0 Å². The van der Waals surface area contributed by atoms with Crippen LogP contribution in [0.2, 0.25) is 0 Å². The van der Waals surface area contributed by atoms with Gasteiger partial charge in [-0.2, -0.15) is 0 Å². The zero-order valence-electron chi connectivity index (χ0n) is 11.3. The minimum atomic E-state index is -1.53. The van der Waals surface area contributed by atoms with Gasteiger partial charge in [0.15, 0.2) is 13.2 Å². The molecule has 3 fully saturated rings. The fourth-order valence-corrected chi connectivity index (χ4v) is 3.14. The largest absolute Gasteiger partial charge is 0.459 e. The van der Waals surface area contributed by atoms with E-state index in [1.807, 2.05) is 0 Å². The van der Waals surface area contributed by atoms with Crippen LogP contribution in [-0.2, 0) is 33.3 Å². The zero-order chi connectivity index (χ0) is 14.5. The maximum atomic E-state index is 12.1. The van der Waals surface area contributed by atoms with Gasteiger partial charge in [-0.05, 0) is 13.3 Å². The van der Waals surface area contributed by atoms with Crippen molar-refractivity contribution in [1.82, 2.24) is 0 Å². The summed E-state index contributed by atoms with van der Waals surface area (Å²) in [6.07, 6.45) is 0.776. The first kappa shape index (κ1) is 13.4. The van der Waals surface area contributed by atoms with Crippen LogP contribution in [-0.4, -0.2) is 42.5 Å². The van der Waals surface area contributed by atoms with Crippen LogP contribution in [0.1, 0.15) is 26.7 Å². The molecule has 2 bridgehead atoms. The Hall–Kier alpha value is -1.63. The van der Waals surface area contributed by atoms with Crippen LogP contribution in [0.4, 0.5) is 0 Å². The number of esters is 3. The Morgan fingerprint density at radius 3 is 2.90 bits per heavy atom. The first-order valence-electron chi connectivity index (χ1n) is 6.57. The van der Waals surface area contributed by atoms with Gasteiger partial charge in [-0.15, -0.1) is 0 Å². The number of fused-ring (bicyclic) bond motifs is 1. The maximum absolute atomic E-state index is 12.1. The number of carbonyl (C=O) groups is 3. The first-order chi connectivity index (χ1) is 9.35. The third-order valence-corrected chi connectivity index (χ3v) is 4.36. The third-order valence-electron chi connectivity index (χ3n) is 4.36. The van der Waals surface area contributed by atoms with E-state index in [4.69, 9.17) is 18.9 Å². The highest BCUT2D eigenvalue weighted by Gasteiger charge is 2.66. The molecule has 1 aliphatic carbocycles. The van der Waals surface area contributed by atoms with Gasteiger partial charge in [-0.3, -0.25) is 14.4 Å². The van der Waals surface area contributed by atoms with Crippen molar-refractivity contribution in [2.45, 2.75) is 38.1 Å². The van der Waals surface area contributed by atoms with E-state index in [0.717, 1.165) is 0 Å². The molecule has 0 unspecified atom stereocenters. The smallest absolute Gasteiger partial charge is 0.314 e. The summed E-state index contributed by atoms with van der Waals surface area (Å²) in [4.78, 5) is 34.7. The topological polar surface area (TPSA) is 88.1 Å². The molecule has 3 rings (SSSR count). The van der Waals surface area contributed by atoms with Gasteiger partial charge in [0.05, 0.1) is 17.9 Å². The number of cyclic esters (lactones) is 1. The Labute approximate surface area is 115 Å². The fourth-order valence-electron chi connectivity index (χ4n) is 3.14. The zero-order valence-corrected chi connectivity index (χ0v) is 11.3. The Morgan fingerprint density at radius 2 is 2.20 bits per heavy atom. The van der Waals surface area contributed by atoms with Crippen LogP contribution in [0, 0.1) is 11.8 Å². The first-order valence-corrected chi connectivity index (χ1v) is 6.57. The van der Waals surface area contributed by atoms with E-state index >= 15 is 0 Å². The normalized spacial score (nSPS) is 42.5. The van der Waals surface area contributed by atoms with Crippen molar-refractivity contribution < 1.29 is 33.3 Å². The van der Waals surface area contributed by atoms with Crippen LogP contribution in [0.5, 0.6) is 0 Å². The van der Waals surface area contributed by atoms with Crippen molar-refractivity contribution in [3.8, 4) is 0 Å². The minimum absolute atomic E-state index is 0.0788. The standard InChI is InChI=1S/C13H16O7/c1-7(14)17-5-13-6-18-10(15)4-8-3-9(11(16)19-13)12(8,2)20-13/h8-9H,3-6H2,1-2H3/t8-,9+,12+,13-/m1/s1. The molecule has 0 aromatic carbocycles. The molecule has 1 saturated carbocycles. The summed E-state index contributed by atoms with van der Waals surface area (Å²) in [5, 5.41) is 0. The van der Waals surface area contributed by atoms with Gasteiger partial charge in [-0.1, -0.05) is 0 Å². The van der Waals surface area contributed by atoms with Gasteiger partial charge in [0.25, 0.3) is 5.79 Å². The molecule has 4 atom stereocenters. The summed E-state index contributed by atoms with van der Waals surface area (Å²) < 4.78 is 21.2. The lowest BCUT2D eigenvalue weighted by Gasteiger charge is -2.59. The lowest BCUT2D eigenvalue weighted by molar-refractivity contribution is -0.375. The van der Waals surface area contributed by atoms with Crippen molar-refractivity contribution in [3.63, 3.8) is 0 Å². The molecular weight excluding hydrogens is 268 g/mol. The molecule has 0 amide bonds. The highest BCUT2D eigenvalue weighted by molar-refractivity contribution is 5.78. The van der Waals surface area contributed by atoms with Crippen molar-refractivity contribution in [2.75, 3.05) is 13.2 Å². The van der Waals surface area contributed by atoms with E-state index in [1.165, 1.54) is 6.92 Å². The summed E-state index contributed by atoms with van der Waals surface area (Å²) >= 11 is 0. The van der Waals surface area contributed by atoms with Crippen LogP contribution in [0.15, 0.2) is 0 Å². The Morgan fingerprint density at radius 1 is 1.45 bits per heavy atom. The molecule has 3 aliphatic rings. The number of ether oxygens (including phenoxy) is 4. The molecule has 7 heteroatoms. The molecule has 20 heavy (non-hydrogen) atoms. The molecule has 0 N–H and O–H groups in total. The van der Waals surface area contributed by atoms with Gasteiger partial charge in [0.2, 0.25) is 0 Å². The van der Waals surface area contributed by atoms with Gasteiger partial charge < -0.3 is 18.9 Å². The SMILES string of the molecule is CC(=O)OC[C@@]12COC(=O)C[C@H]3C[C@@H](C(=O)O1)[C@@]3(C)O2. The molecule has 2 heterocycles. The van der Waals surface area contributed by atoms with E-state index < -0.39 is 17.4 Å². The van der Waals surface area contributed by atoms with Gasteiger partial charge in [-0.25, -0.2) is 0 Å². The van der Waals surface area contributed by atoms with Gasteiger partial charge in [0.1, 0.15) is 0 Å². The molecule has 7 nitrogen and oxygen atoms in total. The van der Waals surface area contributed by atoms with Gasteiger partial charge in [0, 0.05) is 12.8 Å². The lowest BCUT2D eigenvalue weighted by Crippen LogP contribution is -2.71. The van der Waals surface area contributed by atoms with Crippen LogP contribution in [0.3, 0.4) is 0 Å². The summed E-state index contributed by atoms with van der Waals surface area (Å²) in [5.41, 5.74) is -0.755. The predicted molar refractivity (Wildman–Crippen MR) is 62.1 cm³/mol. The Kier molecular flexibility index (Phi) is 2.79. The molecule has 0 aromatic rings. The number of rotatable bonds is 2. The highest BCUT2D eigenvalue weighted by Crippen LogP contribution is 2.55. The second-order valence-electron chi connectivity index (χ2n) is 5.75. The number of hydrogen-bond donors (Lipinski definition) is 0. The van der Waals surface area contributed by atoms with E-state index in [2.05, 4.69) is 0 Å². The molecule has 2 aliphatic heterocycles. The van der Waals surface area contributed by atoms with Crippen molar-refractivity contribution in [1.29, 1.82) is 0 Å². The summed E-state index contributed by atoms with van der Waals surface area (Å²) in [6.45, 7) is 2.50. The number of hydrogen-bond acceptors (Lipinski definition) is 7. The Bertz CT molecular complexity index is 483. The molecule has 2 saturated heterocycles. The van der Waals surface area contributed by atoms with E-state index in [-0.39, 0.29) is 43.4 Å². The molecule has 110 valence electrons. The minimum Gasteiger partial charge on any atom is -0.459 e. The second kappa shape index (κ2) is 4.18. The molecule has 0 radical (unpaired) electrons. The third kappa shape index (κ3) is 1.88. The average Bonchev–Trinajstić information content (AvgIpc) is 2.36. The fraction of sp³-hybridized carbons (Fsp3) is 0.769. The Balaban J connectivity index is 1.89. The summed E-state index contributed by atoms with van der Waals surface area (Å²) in [5.74, 6) is -3.24. The molecular formula is C13H16O7. The van der Waals surface area contributed by atoms with Gasteiger partial charge >= 0.3 is 17.9 Å². The molecule has 0 aromatic heterocycles. The lowest BCUT2D eigenvalue weighted by atomic mass is 9.59. The summed E-state index contributed by atoms with van der Waals surface area (Å²) in [7, 11) is 0. The maximum Gasteiger partial charge on any atom is 0.314 e. The quantitative estimate of drug-likeness (QED) is 0.527. The van der Waals surface area contributed by atoms with E-state index in [0.29, 0.717) is 6.42 Å². The summed E-state index contributed by atoms with van der Waals surface area (Å²) in [6, 6.07) is 0. The van der Waals surface area contributed by atoms with E-state index in [9.17, 15) is 14.4 Å². The predicted octanol–water partition coefficient (Wildman–Crippen LogP) is 0.161. The monoisotopic (exact) mass is 284 g/mol. The second-order valence-corrected chi connectivity index (χ2v) is 5.75. The average molecular weight is 284 g/mol. The highest BCUT2D eigenvalue weighted by atomic mass is 16.8. The van der Waals surface area contributed by atoms with Crippen LogP contribution in [0.25, 0.3) is 0 Å². The van der Waals surface area contributed by atoms with E-state index in [1.54, 1.807) is 6.92 Å². The van der Waals surface area contributed by atoms with Crippen molar-refractivity contribution in [3.05, 3.63) is 0 Å². The van der Waals surface area contributed by atoms with Crippen LogP contribution < -0.4 is 0 Å². The van der Waals surface area contributed by atoms with Crippen molar-refractivity contribution in [2.24, 2.45) is 11.8 Å². The number of carbonyl (C=O) groups excluding carboxylic acids is 3.